The van der Waals surface area contributed by atoms with Crippen LogP contribution in [0.1, 0.15) is 48.7 Å². The van der Waals surface area contributed by atoms with E-state index in [9.17, 15) is 9.59 Å². The average molecular weight is 411 g/mol. The van der Waals surface area contributed by atoms with Crippen molar-refractivity contribution in [1.29, 1.82) is 0 Å². The molecule has 1 heterocycles. The van der Waals surface area contributed by atoms with Gasteiger partial charge in [0.25, 0.3) is 5.91 Å². The fourth-order valence-corrected chi connectivity index (χ4v) is 3.59. The minimum absolute atomic E-state index is 0.222. The monoisotopic (exact) mass is 410 g/mol. The summed E-state index contributed by atoms with van der Waals surface area (Å²) >= 11 is 0. The lowest BCUT2D eigenvalue weighted by Gasteiger charge is -2.28. The molecule has 7 heteroatoms. The van der Waals surface area contributed by atoms with E-state index in [-0.39, 0.29) is 11.9 Å². The summed E-state index contributed by atoms with van der Waals surface area (Å²) in [6, 6.07) is 12.1. The van der Waals surface area contributed by atoms with E-state index in [1.54, 1.807) is 30.5 Å². The third-order valence-electron chi connectivity index (χ3n) is 5.29. The molecule has 1 fully saturated rings. The van der Waals surface area contributed by atoms with Crippen molar-refractivity contribution >= 4 is 17.6 Å². The Bertz CT molecular complexity index is 828. The lowest BCUT2D eigenvalue weighted by atomic mass is 9.88. The Balaban J connectivity index is 1.40. The Hall–Kier alpha value is -2.93. The number of nitrogens with zero attached hydrogens (tertiary/aromatic N) is 1. The fourth-order valence-electron chi connectivity index (χ4n) is 3.59. The molecular formula is C23H30N4O3. The van der Waals surface area contributed by atoms with Crippen molar-refractivity contribution < 1.29 is 14.3 Å². The Kier molecular flexibility index (Phi) is 8.20. The zero-order valence-corrected chi connectivity index (χ0v) is 17.4. The number of hydrogen-bond acceptors (Lipinski definition) is 4. The van der Waals surface area contributed by atoms with Crippen molar-refractivity contribution in [2.45, 2.75) is 45.3 Å². The molecule has 3 N–H and O–H groups in total. The maximum absolute atomic E-state index is 12.4. The average Bonchev–Trinajstić information content (AvgIpc) is 2.77. The van der Waals surface area contributed by atoms with Gasteiger partial charge in [0.15, 0.2) is 0 Å². The van der Waals surface area contributed by atoms with Crippen LogP contribution in [-0.4, -0.2) is 36.2 Å². The summed E-state index contributed by atoms with van der Waals surface area (Å²) in [5, 5.41) is 8.38. The zero-order valence-electron chi connectivity index (χ0n) is 17.4. The molecule has 0 aliphatic heterocycles. The van der Waals surface area contributed by atoms with Gasteiger partial charge in [-0.25, -0.2) is 4.79 Å². The quantitative estimate of drug-likeness (QED) is 0.578. The number of amides is 3. The summed E-state index contributed by atoms with van der Waals surface area (Å²) < 4.78 is 5.91. The summed E-state index contributed by atoms with van der Waals surface area (Å²) in [4.78, 5) is 28.7. The lowest BCUT2D eigenvalue weighted by molar-refractivity contribution is -0.00232. The number of anilines is 1. The van der Waals surface area contributed by atoms with E-state index in [1.165, 1.54) is 19.3 Å². The fraction of sp³-hybridized carbons (Fsp3) is 0.435. The van der Waals surface area contributed by atoms with Crippen LogP contribution in [0.5, 0.6) is 0 Å². The smallest absolute Gasteiger partial charge is 0.319 e. The van der Waals surface area contributed by atoms with Gasteiger partial charge in [-0.1, -0.05) is 31.9 Å². The van der Waals surface area contributed by atoms with E-state index in [0.29, 0.717) is 43.0 Å². The van der Waals surface area contributed by atoms with Gasteiger partial charge in [-0.05, 0) is 49.1 Å². The number of ether oxygens (including phenoxy) is 1. The first kappa shape index (κ1) is 21.8. The third kappa shape index (κ3) is 6.84. The van der Waals surface area contributed by atoms with E-state index in [1.807, 2.05) is 18.2 Å². The number of pyridine rings is 1. The van der Waals surface area contributed by atoms with E-state index >= 15 is 0 Å². The molecule has 1 aliphatic rings. The van der Waals surface area contributed by atoms with Crippen molar-refractivity contribution in [2.24, 2.45) is 5.92 Å². The van der Waals surface area contributed by atoms with Crippen molar-refractivity contribution in [3.8, 4) is 0 Å². The first-order chi connectivity index (χ1) is 14.6. The number of aromatic nitrogens is 1. The highest BCUT2D eigenvalue weighted by Crippen LogP contribution is 2.25. The van der Waals surface area contributed by atoms with Crippen LogP contribution in [0.4, 0.5) is 10.5 Å². The molecule has 3 rings (SSSR count). The normalized spacial score (nSPS) is 18.4. The molecule has 0 spiro atoms. The Morgan fingerprint density at radius 1 is 1.10 bits per heavy atom. The molecule has 1 saturated carbocycles. The summed E-state index contributed by atoms with van der Waals surface area (Å²) in [6.45, 7) is 3.51. The minimum atomic E-state index is -0.318. The first-order valence-corrected chi connectivity index (χ1v) is 10.6. The molecule has 0 radical (unpaired) electrons. The molecule has 160 valence electrons. The summed E-state index contributed by atoms with van der Waals surface area (Å²) in [5.74, 6) is 0.360. The second kappa shape index (κ2) is 11.3. The number of nitrogens with one attached hydrogen (secondary N) is 3. The van der Waals surface area contributed by atoms with Crippen molar-refractivity contribution in [2.75, 3.05) is 18.5 Å². The largest absolute Gasteiger partial charge is 0.376 e. The van der Waals surface area contributed by atoms with Crippen molar-refractivity contribution in [3.05, 3.63) is 59.9 Å². The minimum Gasteiger partial charge on any atom is -0.376 e. The van der Waals surface area contributed by atoms with Gasteiger partial charge in [-0.15, -0.1) is 0 Å². The topological polar surface area (TPSA) is 92.4 Å². The molecule has 30 heavy (non-hydrogen) atoms. The maximum atomic E-state index is 12.4. The van der Waals surface area contributed by atoms with Crippen LogP contribution in [0.3, 0.4) is 0 Å². The SMILES string of the molecule is C[C@H]1CCCC[C@H]1OCCNC(=O)Nc1cccc(C(=O)NCc2ccccn2)c1. The summed E-state index contributed by atoms with van der Waals surface area (Å²) in [7, 11) is 0. The van der Waals surface area contributed by atoms with Crippen LogP contribution < -0.4 is 16.0 Å². The molecule has 1 aromatic heterocycles. The molecule has 3 amide bonds. The van der Waals surface area contributed by atoms with Gasteiger partial charge in [-0.2, -0.15) is 0 Å². The number of carbonyl (C=O) groups is 2. The zero-order chi connectivity index (χ0) is 21.2. The number of rotatable bonds is 8. The van der Waals surface area contributed by atoms with Crippen LogP contribution in [0.25, 0.3) is 0 Å². The second-order valence-electron chi connectivity index (χ2n) is 7.64. The highest BCUT2D eigenvalue weighted by atomic mass is 16.5. The number of urea groups is 1. The summed E-state index contributed by atoms with van der Waals surface area (Å²) in [6.07, 6.45) is 6.79. The highest BCUT2D eigenvalue weighted by Gasteiger charge is 2.21. The molecule has 0 saturated heterocycles. The number of carbonyl (C=O) groups excluding carboxylic acids is 2. The predicted octanol–water partition coefficient (Wildman–Crippen LogP) is 3.73. The molecular weight excluding hydrogens is 380 g/mol. The molecule has 7 nitrogen and oxygen atoms in total. The predicted molar refractivity (Wildman–Crippen MR) is 116 cm³/mol. The standard InChI is InChI=1S/C23H30N4O3/c1-17-7-2-3-11-21(17)30-14-13-25-23(29)27-19-10-6-8-18(15-19)22(28)26-16-20-9-4-5-12-24-20/h4-6,8-10,12,15,17,21H,2-3,7,11,13-14,16H2,1H3,(H,26,28)(H2,25,27,29)/t17-,21+/m0/s1. The lowest BCUT2D eigenvalue weighted by Crippen LogP contribution is -2.34. The molecule has 0 unspecified atom stereocenters. The first-order valence-electron chi connectivity index (χ1n) is 10.6. The second-order valence-corrected chi connectivity index (χ2v) is 7.64. The third-order valence-corrected chi connectivity index (χ3v) is 5.29. The van der Waals surface area contributed by atoms with Crippen LogP contribution in [-0.2, 0) is 11.3 Å². The highest BCUT2D eigenvalue weighted by molar-refractivity contribution is 5.96. The van der Waals surface area contributed by atoms with E-state index in [4.69, 9.17) is 4.74 Å². The van der Waals surface area contributed by atoms with Gasteiger partial charge in [0.1, 0.15) is 0 Å². The van der Waals surface area contributed by atoms with Crippen LogP contribution in [0, 0.1) is 5.92 Å². The molecule has 1 aliphatic carbocycles. The van der Waals surface area contributed by atoms with Crippen molar-refractivity contribution in [1.82, 2.24) is 15.6 Å². The van der Waals surface area contributed by atoms with Gasteiger partial charge in [0.2, 0.25) is 0 Å². The molecule has 2 aromatic rings. The molecule has 2 atom stereocenters. The Morgan fingerprint density at radius 3 is 2.77 bits per heavy atom. The van der Waals surface area contributed by atoms with E-state index < -0.39 is 0 Å². The maximum Gasteiger partial charge on any atom is 0.319 e. The van der Waals surface area contributed by atoms with Crippen LogP contribution >= 0.6 is 0 Å². The number of benzene rings is 1. The van der Waals surface area contributed by atoms with Crippen molar-refractivity contribution in [3.63, 3.8) is 0 Å². The van der Waals surface area contributed by atoms with E-state index in [2.05, 4.69) is 27.9 Å². The molecule has 0 bridgehead atoms. The van der Waals surface area contributed by atoms with Crippen LogP contribution in [0.15, 0.2) is 48.7 Å². The number of hydrogen-bond donors (Lipinski definition) is 3. The van der Waals surface area contributed by atoms with Gasteiger partial charge in [0, 0.05) is 24.0 Å². The van der Waals surface area contributed by atoms with Gasteiger partial charge in [-0.3, -0.25) is 9.78 Å². The van der Waals surface area contributed by atoms with Gasteiger partial charge < -0.3 is 20.7 Å². The van der Waals surface area contributed by atoms with Gasteiger partial charge in [0.05, 0.1) is 24.9 Å². The van der Waals surface area contributed by atoms with E-state index in [0.717, 1.165) is 12.1 Å². The van der Waals surface area contributed by atoms with Gasteiger partial charge >= 0.3 is 6.03 Å². The Morgan fingerprint density at radius 2 is 1.97 bits per heavy atom. The molecule has 1 aromatic carbocycles. The summed E-state index contributed by atoms with van der Waals surface area (Å²) in [5.41, 5.74) is 1.81. The Labute approximate surface area is 177 Å². The van der Waals surface area contributed by atoms with Crippen LogP contribution in [0.2, 0.25) is 0 Å².